The van der Waals surface area contributed by atoms with Crippen molar-refractivity contribution in [3.05, 3.63) is 23.2 Å². The summed E-state index contributed by atoms with van der Waals surface area (Å²) in [4.78, 5) is 41.2. The van der Waals surface area contributed by atoms with Crippen LogP contribution in [0.4, 0.5) is 0 Å². The number of hydrazine groups is 2. The van der Waals surface area contributed by atoms with Gasteiger partial charge in [0.1, 0.15) is 0 Å². The molecule has 8 fully saturated rings. The summed E-state index contributed by atoms with van der Waals surface area (Å²) in [5, 5.41) is 6.20. The van der Waals surface area contributed by atoms with Gasteiger partial charge in [-0.25, -0.2) is 0 Å². The maximum Gasteiger partial charge on any atom is 0.244 e. The Morgan fingerprint density at radius 1 is 0.579 bits per heavy atom. The van der Waals surface area contributed by atoms with Crippen LogP contribution in [0, 0.1) is 46.3 Å². The summed E-state index contributed by atoms with van der Waals surface area (Å²) in [6, 6.07) is 0. The molecule has 0 aromatic heterocycles. The first-order valence-electron chi connectivity index (χ1n) is 14.7. The number of nitrogens with zero attached hydrogens (tertiary/aromatic N) is 2. The van der Waals surface area contributed by atoms with Crippen molar-refractivity contribution in [1.29, 1.82) is 0 Å². The summed E-state index contributed by atoms with van der Waals surface area (Å²) in [6.45, 7) is 0. The second-order valence-corrected chi connectivity index (χ2v) is 16.0. The molecule has 0 spiro atoms. The number of hydrogen-bond acceptors (Lipinski definition) is 7. The summed E-state index contributed by atoms with van der Waals surface area (Å²) in [6.07, 6.45) is 17.4. The first-order chi connectivity index (χ1) is 18.4. The molecule has 2 unspecified atom stereocenters. The molecular formula is C29H38N4O3S2. The van der Waals surface area contributed by atoms with Crippen LogP contribution in [0.1, 0.15) is 77.0 Å². The molecule has 2 aliphatic heterocycles. The van der Waals surface area contributed by atoms with Crippen LogP contribution in [0.2, 0.25) is 0 Å². The van der Waals surface area contributed by atoms with E-state index in [1.807, 2.05) is 23.2 Å². The van der Waals surface area contributed by atoms with Gasteiger partial charge >= 0.3 is 0 Å². The van der Waals surface area contributed by atoms with Crippen molar-refractivity contribution in [2.75, 3.05) is 0 Å². The van der Waals surface area contributed by atoms with Gasteiger partial charge in [-0.05, 0) is 123 Å². The zero-order valence-electron chi connectivity index (χ0n) is 21.8. The van der Waals surface area contributed by atoms with Gasteiger partial charge in [-0.1, -0.05) is 23.5 Å². The lowest BCUT2D eigenvalue weighted by atomic mass is 9.49. The van der Waals surface area contributed by atoms with Crippen molar-refractivity contribution in [1.82, 2.24) is 20.9 Å². The van der Waals surface area contributed by atoms with Gasteiger partial charge in [0, 0.05) is 12.4 Å². The number of Topliss-reactive ketones (excluding diaryl/α,β-unsaturated/α-hetero) is 1. The van der Waals surface area contributed by atoms with E-state index in [4.69, 9.17) is 0 Å². The Morgan fingerprint density at radius 3 is 1.21 bits per heavy atom. The standard InChI is InChI=1S/C29H38N4O3S2/c34-23(24-32(1-3-37-24)30-26(35)28-11-17-5-18(12-28)7-19(6-17)13-28)25-33(2-4-38-25)31-27(36)29-14-20-8-21(15-29)10-22(9-20)16-29/h1-4,17-22,24-25H,5-16H2,(H,30,35)(H,31,36). The van der Waals surface area contributed by atoms with Crippen molar-refractivity contribution in [2.45, 2.75) is 87.8 Å². The van der Waals surface area contributed by atoms with E-state index in [1.54, 1.807) is 10.0 Å². The van der Waals surface area contributed by atoms with Gasteiger partial charge < -0.3 is 0 Å². The zero-order chi connectivity index (χ0) is 25.6. The van der Waals surface area contributed by atoms with Gasteiger partial charge in [-0.3, -0.25) is 35.3 Å². The molecule has 2 amide bonds. The highest BCUT2D eigenvalue weighted by Gasteiger charge is 2.56. The van der Waals surface area contributed by atoms with E-state index in [9.17, 15) is 14.4 Å². The van der Waals surface area contributed by atoms with Crippen LogP contribution in [-0.4, -0.2) is 38.4 Å². The SMILES string of the molecule is O=C(C1SC=CN1NC(=O)C12CC3CC(CC(C3)C1)C2)C1SC=CN1NC(=O)C12CC3CC(CC(C3)C1)C2. The highest BCUT2D eigenvalue weighted by Crippen LogP contribution is 2.61. The van der Waals surface area contributed by atoms with E-state index in [0.29, 0.717) is 35.5 Å². The van der Waals surface area contributed by atoms with Gasteiger partial charge in [-0.2, -0.15) is 0 Å². The van der Waals surface area contributed by atoms with Crippen LogP contribution in [-0.2, 0) is 14.4 Å². The molecule has 204 valence electrons. The van der Waals surface area contributed by atoms with Crippen molar-refractivity contribution < 1.29 is 14.4 Å². The van der Waals surface area contributed by atoms with E-state index in [0.717, 1.165) is 38.5 Å². The molecule has 0 saturated heterocycles. The number of ketones is 1. The minimum atomic E-state index is -0.524. The van der Waals surface area contributed by atoms with Crippen molar-refractivity contribution in [2.24, 2.45) is 46.3 Å². The van der Waals surface area contributed by atoms with Gasteiger partial charge in [-0.15, -0.1) is 0 Å². The molecule has 0 aromatic rings. The lowest BCUT2D eigenvalue weighted by Crippen LogP contribution is -2.59. The van der Waals surface area contributed by atoms with Gasteiger partial charge in [0.05, 0.1) is 10.8 Å². The highest BCUT2D eigenvalue weighted by atomic mass is 32.2. The maximum atomic E-state index is 13.8. The first kappa shape index (κ1) is 24.2. The molecule has 10 aliphatic rings. The van der Waals surface area contributed by atoms with Crippen molar-refractivity contribution >= 4 is 41.1 Å². The molecule has 2 heterocycles. The highest BCUT2D eigenvalue weighted by molar-refractivity contribution is 8.05. The van der Waals surface area contributed by atoms with E-state index in [-0.39, 0.29) is 28.4 Å². The largest absolute Gasteiger partial charge is 0.293 e. The summed E-state index contributed by atoms with van der Waals surface area (Å²) >= 11 is 2.87. The normalized spacial score (nSPS) is 47.3. The predicted molar refractivity (Wildman–Crippen MR) is 147 cm³/mol. The monoisotopic (exact) mass is 554 g/mol. The van der Waals surface area contributed by atoms with Crippen LogP contribution in [0.3, 0.4) is 0 Å². The molecule has 0 radical (unpaired) electrons. The Hall–Kier alpha value is -1.61. The lowest BCUT2D eigenvalue weighted by molar-refractivity contribution is -0.151. The van der Waals surface area contributed by atoms with Crippen molar-refractivity contribution in [3.8, 4) is 0 Å². The van der Waals surface area contributed by atoms with Crippen LogP contribution in [0.15, 0.2) is 23.2 Å². The predicted octanol–water partition coefficient (Wildman–Crippen LogP) is 4.74. The van der Waals surface area contributed by atoms with Gasteiger partial charge in [0.25, 0.3) is 0 Å². The maximum absolute atomic E-state index is 13.8. The lowest BCUT2D eigenvalue weighted by Gasteiger charge is -2.56. The Morgan fingerprint density at radius 2 is 0.895 bits per heavy atom. The Labute approximate surface area is 233 Å². The molecule has 2 N–H and O–H groups in total. The van der Waals surface area contributed by atoms with Crippen LogP contribution in [0.5, 0.6) is 0 Å². The summed E-state index contributed by atoms with van der Waals surface area (Å²) in [5.74, 6) is 4.36. The van der Waals surface area contributed by atoms with E-state index in [1.165, 1.54) is 62.0 Å². The minimum Gasteiger partial charge on any atom is -0.293 e. The molecule has 8 aliphatic carbocycles. The number of nitrogens with one attached hydrogen (secondary N) is 2. The third-order valence-electron chi connectivity index (χ3n) is 11.4. The minimum absolute atomic E-state index is 0.00776. The molecule has 38 heavy (non-hydrogen) atoms. The second kappa shape index (κ2) is 8.69. The Balaban J connectivity index is 0.937. The summed E-state index contributed by atoms with van der Waals surface area (Å²) in [7, 11) is 0. The first-order valence-corrected chi connectivity index (χ1v) is 16.6. The average molecular weight is 555 g/mol. The summed E-state index contributed by atoms with van der Waals surface area (Å²) < 4.78 is 0. The van der Waals surface area contributed by atoms with Gasteiger partial charge in [0.15, 0.2) is 10.7 Å². The Bertz CT molecular complexity index is 967. The molecule has 8 saturated carbocycles. The number of hydrogen-bond donors (Lipinski definition) is 2. The van der Waals surface area contributed by atoms with E-state index in [2.05, 4.69) is 10.9 Å². The molecule has 2 atom stereocenters. The van der Waals surface area contributed by atoms with Gasteiger partial charge in [0.2, 0.25) is 17.6 Å². The molecule has 9 heteroatoms. The fraction of sp³-hybridized carbons (Fsp3) is 0.759. The average Bonchev–Trinajstić information content (AvgIpc) is 3.51. The third kappa shape index (κ3) is 3.80. The quantitative estimate of drug-likeness (QED) is 0.491. The van der Waals surface area contributed by atoms with E-state index < -0.39 is 10.7 Å². The molecule has 0 aromatic carbocycles. The fourth-order valence-corrected chi connectivity index (χ4v) is 12.4. The van der Waals surface area contributed by atoms with Crippen LogP contribution < -0.4 is 10.9 Å². The third-order valence-corrected chi connectivity index (χ3v) is 13.3. The number of amides is 2. The number of thioether (sulfide) groups is 2. The molecule has 8 bridgehead atoms. The number of carbonyl (C=O) groups is 3. The zero-order valence-corrected chi connectivity index (χ0v) is 23.5. The van der Waals surface area contributed by atoms with Crippen LogP contribution >= 0.6 is 23.5 Å². The van der Waals surface area contributed by atoms with Crippen molar-refractivity contribution in [3.63, 3.8) is 0 Å². The topological polar surface area (TPSA) is 81.8 Å². The molecule has 10 rings (SSSR count). The van der Waals surface area contributed by atoms with Crippen LogP contribution in [0.25, 0.3) is 0 Å². The summed E-state index contributed by atoms with van der Waals surface area (Å²) in [5.41, 5.74) is 5.81. The smallest absolute Gasteiger partial charge is 0.244 e. The number of rotatable bonds is 6. The number of carbonyl (C=O) groups excluding carboxylic acids is 3. The Kier molecular flexibility index (Phi) is 5.54. The second-order valence-electron chi connectivity index (χ2n) is 14.0. The molecule has 7 nitrogen and oxygen atoms in total. The molecular weight excluding hydrogens is 516 g/mol. The van der Waals surface area contributed by atoms with E-state index >= 15 is 0 Å². The fourth-order valence-electron chi connectivity index (χ4n) is 10.6.